The third kappa shape index (κ3) is 5.27. The van der Waals surface area contributed by atoms with Gasteiger partial charge in [-0.2, -0.15) is 18.3 Å². The number of fused-ring (bicyclic) bond motifs is 1. The number of carbonyl (C=O) groups is 1. The lowest BCUT2D eigenvalue weighted by Gasteiger charge is -2.24. The summed E-state index contributed by atoms with van der Waals surface area (Å²) in [4.78, 5) is 10.6. The molecular weight excluding hydrogens is 435 g/mol. The highest BCUT2D eigenvalue weighted by Crippen LogP contribution is 2.34. The second kappa shape index (κ2) is 8.62. The summed E-state index contributed by atoms with van der Waals surface area (Å²) in [5.74, 6) is -1.85. The number of carboxylic acid groups (broad SMARTS) is 1. The van der Waals surface area contributed by atoms with Crippen LogP contribution in [0.15, 0.2) is 29.3 Å². The Balaban J connectivity index is 1.84. The van der Waals surface area contributed by atoms with Gasteiger partial charge in [-0.25, -0.2) is 8.42 Å². The topological polar surface area (TPSA) is 101 Å². The van der Waals surface area contributed by atoms with E-state index in [0.29, 0.717) is 30.9 Å². The van der Waals surface area contributed by atoms with Gasteiger partial charge < -0.3 is 5.11 Å². The minimum Gasteiger partial charge on any atom is -0.480 e. The first-order chi connectivity index (χ1) is 14.4. The van der Waals surface area contributed by atoms with Gasteiger partial charge in [-0.3, -0.25) is 14.8 Å². The molecule has 1 aliphatic carbocycles. The molecule has 0 unspecified atom stereocenters. The van der Waals surface area contributed by atoms with Crippen LogP contribution >= 0.6 is 0 Å². The fourth-order valence-electron chi connectivity index (χ4n) is 3.69. The van der Waals surface area contributed by atoms with Crippen molar-refractivity contribution in [1.29, 1.82) is 0 Å². The first kappa shape index (κ1) is 23.3. The van der Waals surface area contributed by atoms with Gasteiger partial charge in [-0.1, -0.05) is 13.8 Å². The lowest BCUT2D eigenvalue weighted by molar-refractivity contribution is -0.138. The SMILES string of the molecule is CC(C)c1cc(C(F)(F)F)cc(S(=O)(=O)CN[C@@H]2CCCc3c2cnn3CC(=O)O)c1. The number of halogens is 3. The Kier molecular flexibility index (Phi) is 6.47. The molecular formula is C20H24F3N3O4S. The molecule has 0 saturated carbocycles. The van der Waals surface area contributed by atoms with Gasteiger partial charge in [0.05, 0.1) is 16.7 Å². The minimum absolute atomic E-state index is 0.273. The summed E-state index contributed by atoms with van der Waals surface area (Å²) in [6, 6.07) is 2.55. The molecule has 0 amide bonds. The Labute approximate surface area is 178 Å². The van der Waals surface area contributed by atoms with Gasteiger partial charge in [0.1, 0.15) is 12.4 Å². The molecule has 0 spiro atoms. The predicted octanol–water partition coefficient (Wildman–Crippen LogP) is 3.51. The second-order valence-electron chi connectivity index (χ2n) is 7.95. The fourth-order valence-corrected chi connectivity index (χ4v) is 4.90. The van der Waals surface area contributed by atoms with Crippen molar-refractivity contribution < 1.29 is 31.5 Å². The smallest absolute Gasteiger partial charge is 0.416 e. The summed E-state index contributed by atoms with van der Waals surface area (Å²) in [5.41, 5.74) is 0.745. The molecule has 11 heteroatoms. The molecule has 1 aliphatic rings. The van der Waals surface area contributed by atoms with Crippen LogP contribution < -0.4 is 5.32 Å². The van der Waals surface area contributed by atoms with Gasteiger partial charge in [-0.15, -0.1) is 0 Å². The van der Waals surface area contributed by atoms with Crippen molar-refractivity contribution in [2.75, 3.05) is 5.88 Å². The summed E-state index contributed by atoms with van der Waals surface area (Å²) in [7, 11) is -4.05. The maximum atomic E-state index is 13.3. The monoisotopic (exact) mass is 459 g/mol. The highest BCUT2D eigenvalue weighted by molar-refractivity contribution is 7.91. The molecule has 0 fully saturated rings. The van der Waals surface area contributed by atoms with E-state index in [1.807, 2.05) is 0 Å². The molecule has 31 heavy (non-hydrogen) atoms. The normalized spacial score (nSPS) is 17.0. The van der Waals surface area contributed by atoms with E-state index in [9.17, 15) is 26.4 Å². The van der Waals surface area contributed by atoms with Crippen molar-refractivity contribution in [1.82, 2.24) is 15.1 Å². The van der Waals surface area contributed by atoms with Gasteiger partial charge in [0, 0.05) is 17.3 Å². The van der Waals surface area contributed by atoms with Crippen molar-refractivity contribution in [3.63, 3.8) is 0 Å². The van der Waals surface area contributed by atoms with Crippen molar-refractivity contribution in [2.24, 2.45) is 0 Å². The number of aliphatic carboxylic acids is 1. The molecule has 170 valence electrons. The lowest BCUT2D eigenvalue weighted by Crippen LogP contribution is -2.30. The first-order valence-electron chi connectivity index (χ1n) is 9.83. The molecule has 0 radical (unpaired) electrons. The van der Waals surface area contributed by atoms with Gasteiger partial charge in [0.25, 0.3) is 0 Å². The summed E-state index contributed by atoms with van der Waals surface area (Å²) in [6.07, 6.45) is -1.19. The standard InChI is InChI=1S/C20H24F3N3O4S/c1-12(2)13-6-14(20(21,22)23)8-15(7-13)31(29,30)11-24-17-4-3-5-18-16(17)9-25-26(18)10-19(27)28/h6-9,12,17,24H,3-5,10-11H2,1-2H3,(H,27,28)/t17-/m1/s1. The van der Waals surface area contributed by atoms with Gasteiger partial charge in [-0.05, 0) is 48.9 Å². The molecule has 0 aliphatic heterocycles. The zero-order chi connectivity index (χ0) is 23.0. The van der Waals surface area contributed by atoms with E-state index >= 15 is 0 Å². The summed E-state index contributed by atoms with van der Waals surface area (Å²) < 4.78 is 66.9. The molecule has 1 heterocycles. The van der Waals surface area contributed by atoms with E-state index in [1.165, 1.54) is 16.9 Å². The molecule has 7 nitrogen and oxygen atoms in total. The summed E-state index contributed by atoms with van der Waals surface area (Å²) >= 11 is 0. The molecule has 2 aromatic rings. The average molecular weight is 459 g/mol. The molecule has 1 aromatic carbocycles. The highest BCUT2D eigenvalue weighted by Gasteiger charge is 2.33. The number of benzene rings is 1. The van der Waals surface area contributed by atoms with Crippen molar-refractivity contribution in [3.05, 3.63) is 46.8 Å². The number of carboxylic acids is 1. The quantitative estimate of drug-likeness (QED) is 0.657. The van der Waals surface area contributed by atoms with E-state index in [4.69, 9.17) is 5.11 Å². The van der Waals surface area contributed by atoms with Crippen LogP contribution in [-0.2, 0) is 33.8 Å². The molecule has 0 bridgehead atoms. The highest BCUT2D eigenvalue weighted by atomic mass is 32.2. The van der Waals surface area contributed by atoms with Crippen molar-refractivity contribution >= 4 is 15.8 Å². The average Bonchev–Trinajstić information content (AvgIpc) is 3.08. The summed E-state index contributed by atoms with van der Waals surface area (Å²) in [5, 5.41) is 16.0. The van der Waals surface area contributed by atoms with E-state index in [0.717, 1.165) is 17.3 Å². The van der Waals surface area contributed by atoms with E-state index in [2.05, 4.69) is 10.4 Å². The number of nitrogens with zero attached hydrogens (tertiary/aromatic N) is 2. The number of alkyl halides is 3. The van der Waals surface area contributed by atoms with Gasteiger partial charge >= 0.3 is 12.1 Å². The van der Waals surface area contributed by atoms with Crippen LogP contribution in [0.2, 0.25) is 0 Å². The number of rotatable bonds is 7. The fraction of sp³-hybridized carbons (Fsp3) is 0.500. The number of sulfone groups is 1. The Morgan fingerprint density at radius 2 is 2.03 bits per heavy atom. The minimum atomic E-state index is -4.65. The maximum Gasteiger partial charge on any atom is 0.416 e. The maximum absolute atomic E-state index is 13.3. The van der Waals surface area contributed by atoms with Crippen LogP contribution in [0.4, 0.5) is 13.2 Å². The van der Waals surface area contributed by atoms with Crippen LogP contribution in [0.1, 0.15) is 61.0 Å². The van der Waals surface area contributed by atoms with Gasteiger partial charge in [0.2, 0.25) is 0 Å². The Morgan fingerprint density at radius 1 is 1.32 bits per heavy atom. The van der Waals surface area contributed by atoms with Crippen molar-refractivity contribution in [3.8, 4) is 0 Å². The van der Waals surface area contributed by atoms with Crippen molar-refractivity contribution in [2.45, 2.75) is 62.7 Å². The van der Waals surface area contributed by atoms with Crippen LogP contribution in [0.25, 0.3) is 0 Å². The Bertz CT molecular complexity index is 1080. The third-order valence-corrected chi connectivity index (χ3v) is 6.85. The van der Waals surface area contributed by atoms with E-state index in [1.54, 1.807) is 13.8 Å². The molecule has 0 saturated heterocycles. The Hall–Kier alpha value is -2.40. The van der Waals surface area contributed by atoms with Crippen LogP contribution in [0.3, 0.4) is 0 Å². The number of aromatic nitrogens is 2. The molecule has 3 rings (SSSR count). The zero-order valence-corrected chi connectivity index (χ0v) is 17.9. The van der Waals surface area contributed by atoms with Crippen LogP contribution in [0, 0.1) is 0 Å². The first-order valence-corrected chi connectivity index (χ1v) is 11.5. The molecule has 1 atom stereocenters. The Morgan fingerprint density at radius 3 is 2.65 bits per heavy atom. The van der Waals surface area contributed by atoms with Crippen LogP contribution in [-0.4, -0.2) is 35.2 Å². The number of hydrogen-bond donors (Lipinski definition) is 2. The van der Waals surface area contributed by atoms with Gasteiger partial charge in [0.15, 0.2) is 9.84 Å². The van der Waals surface area contributed by atoms with E-state index < -0.39 is 33.4 Å². The summed E-state index contributed by atoms with van der Waals surface area (Å²) in [6.45, 7) is 3.10. The lowest BCUT2D eigenvalue weighted by atomic mass is 9.93. The largest absolute Gasteiger partial charge is 0.480 e. The number of nitrogens with one attached hydrogen (secondary N) is 1. The third-order valence-electron chi connectivity index (χ3n) is 5.35. The zero-order valence-electron chi connectivity index (χ0n) is 17.1. The van der Waals surface area contributed by atoms with Crippen LogP contribution in [0.5, 0.6) is 0 Å². The number of hydrogen-bond acceptors (Lipinski definition) is 5. The van der Waals surface area contributed by atoms with E-state index in [-0.39, 0.29) is 23.4 Å². The molecule has 2 N–H and O–H groups in total. The second-order valence-corrected chi connectivity index (χ2v) is 9.94. The molecule has 1 aromatic heterocycles. The predicted molar refractivity (Wildman–Crippen MR) is 106 cm³/mol.